The summed E-state index contributed by atoms with van der Waals surface area (Å²) in [7, 11) is 0. The zero-order valence-corrected chi connectivity index (χ0v) is 7.55. The van der Waals surface area contributed by atoms with Crippen molar-refractivity contribution >= 4 is 5.97 Å². The van der Waals surface area contributed by atoms with E-state index in [0.717, 1.165) is 25.8 Å². The molecule has 0 amide bonds. The molecule has 0 unspecified atom stereocenters. The first-order chi connectivity index (χ1) is 5.75. The molecule has 0 bridgehead atoms. The summed E-state index contributed by atoms with van der Waals surface area (Å²) in [5.74, 6) is -0.417. The Morgan fingerprint density at radius 2 is 2.33 bits per heavy atom. The molecule has 1 aliphatic rings. The van der Waals surface area contributed by atoms with Gasteiger partial charge in [0, 0.05) is 6.54 Å². The summed E-state index contributed by atoms with van der Waals surface area (Å²) in [6.07, 6.45) is 3.36. The van der Waals surface area contributed by atoms with Crippen LogP contribution in [0.2, 0.25) is 0 Å². The number of aliphatic carboxylic acids is 1. The number of nitrogens with one attached hydrogen (secondary N) is 1. The standard InChI is InChI=1S/C9H17NO2/c1-2-3-4-7-5-10-6-8(7)9(11)12/h7-8,10H,2-6H2,1H3,(H,11,12)/t7-,8-/m1/s1. The molecule has 0 radical (unpaired) electrons. The Kier molecular flexibility index (Phi) is 3.53. The average Bonchev–Trinajstić information content (AvgIpc) is 2.48. The quantitative estimate of drug-likeness (QED) is 0.666. The summed E-state index contributed by atoms with van der Waals surface area (Å²) in [4.78, 5) is 10.7. The van der Waals surface area contributed by atoms with E-state index in [1.165, 1.54) is 0 Å². The Hall–Kier alpha value is -0.570. The summed E-state index contributed by atoms with van der Waals surface area (Å²) < 4.78 is 0. The van der Waals surface area contributed by atoms with Crippen LogP contribution in [0.5, 0.6) is 0 Å². The lowest BCUT2D eigenvalue weighted by Crippen LogP contribution is -2.22. The van der Waals surface area contributed by atoms with Crippen molar-refractivity contribution in [1.82, 2.24) is 5.32 Å². The number of hydrogen-bond acceptors (Lipinski definition) is 2. The van der Waals surface area contributed by atoms with Crippen molar-refractivity contribution in [3.63, 3.8) is 0 Å². The minimum absolute atomic E-state index is 0.142. The molecule has 1 heterocycles. The maximum Gasteiger partial charge on any atom is 0.308 e. The Bertz CT molecular complexity index is 159. The molecule has 0 aromatic carbocycles. The predicted molar refractivity (Wildman–Crippen MR) is 47.0 cm³/mol. The Labute approximate surface area is 73.2 Å². The van der Waals surface area contributed by atoms with E-state index in [1.807, 2.05) is 0 Å². The lowest BCUT2D eigenvalue weighted by Gasteiger charge is -2.13. The van der Waals surface area contributed by atoms with Gasteiger partial charge in [-0.05, 0) is 18.9 Å². The van der Waals surface area contributed by atoms with E-state index >= 15 is 0 Å². The molecule has 0 aromatic heterocycles. The van der Waals surface area contributed by atoms with Crippen molar-refractivity contribution < 1.29 is 9.90 Å². The Morgan fingerprint density at radius 3 is 2.92 bits per heavy atom. The molecule has 3 nitrogen and oxygen atoms in total. The third kappa shape index (κ3) is 2.21. The maximum atomic E-state index is 10.7. The first-order valence-corrected chi connectivity index (χ1v) is 4.69. The smallest absolute Gasteiger partial charge is 0.308 e. The highest BCUT2D eigenvalue weighted by molar-refractivity contribution is 5.71. The molecule has 2 atom stereocenters. The van der Waals surface area contributed by atoms with Gasteiger partial charge in [-0.25, -0.2) is 0 Å². The second kappa shape index (κ2) is 4.45. The van der Waals surface area contributed by atoms with E-state index in [1.54, 1.807) is 0 Å². The highest BCUT2D eigenvalue weighted by atomic mass is 16.4. The minimum atomic E-state index is -0.638. The van der Waals surface area contributed by atoms with Gasteiger partial charge in [-0.3, -0.25) is 4.79 Å². The van der Waals surface area contributed by atoms with Crippen molar-refractivity contribution in [2.24, 2.45) is 11.8 Å². The van der Waals surface area contributed by atoms with Crippen molar-refractivity contribution in [2.45, 2.75) is 26.2 Å². The van der Waals surface area contributed by atoms with Gasteiger partial charge < -0.3 is 10.4 Å². The Morgan fingerprint density at radius 1 is 1.58 bits per heavy atom. The van der Waals surface area contributed by atoms with E-state index in [0.29, 0.717) is 12.5 Å². The molecule has 1 saturated heterocycles. The molecular weight excluding hydrogens is 154 g/mol. The van der Waals surface area contributed by atoms with Crippen LogP contribution in [0.15, 0.2) is 0 Å². The maximum absolute atomic E-state index is 10.7. The van der Waals surface area contributed by atoms with Gasteiger partial charge in [0.05, 0.1) is 5.92 Å². The zero-order valence-electron chi connectivity index (χ0n) is 7.55. The van der Waals surface area contributed by atoms with E-state index in [-0.39, 0.29) is 5.92 Å². The highest BCUT2D eigenvalue weighted by Crippen LogP contribution is 2.22. The van der Waals surface area contributed by atoms with Crippen molar-refractivity contribution in [3.05, 3.63) is 0 Å². The number of hydrogen-bond donors (Lipinski definition) is 2. The average molecular weight is 171 g/mol. The van der Waals surface area contributed by atoms with Crippen LogP contribution >= 0.6 is 0 Å². The van der Waals surface area contributed by atoms with Crippen LogP contribution in [0.4, 0.5) is 0 Å². The van der Waals surface area contributed by atoms with Crippen LogP contribution in [0.1, 0.15) is 26.2 Å². The fraction of sp³-hybridized carbons (Fsp3) is 0.889. The molecule has 1 aliphatic heterocycles. The molecule has 0 saturated carbocycles. The summed E-state index contributed by atoms with van der Waals surface area (Å²) >= 11 is 0. The van der Waals surface area contributed by atoms with Gasteiger partial charge in [-0.15, -0.1) is 0 Å². The topological polar surface area (TPSA) is 49.3 Å². The number of carboxylic acid groups (broad SMARTS) is 1. The van der Waals surface area contributed by atoms with Gasteiger partial charge in [-0.2, -0.15) is 0 Å². The molecule has 0 aromatic rings. The fourth-order valence-electron chi connectivity index (χ4n) is 1.79. The van der Waals surface area contributed by atoms with Crippen LogP contribution in [-0.2, 0) is 4.79 Å². The van der Waals surface area contributed by atoms with Crippen LogP contribution in [0.3, 0.4) is 0 Å². The van der Waals surface area contributed by atoms with E-state index < -0.39 is 5.97 Å². The molecule has 1 fully saturated rings. The minimum Gasteiger partial charge on any atom is -0.481 e. The lowest BCUT2D eigenvalue weighted by atomic mass is 9.91. The van der Waals surface area contributed by atoms with E-state index in [2.05, 4.69) is 12.2 Å². The first-order valence-electron chi connectivity index (χ1n) is 4.69. The molecule has 3 heteroatoms. The van der Waals surface area contributed by atoms with Gasteiger partial charge in [0.2, 0.25) is 0 Å². The lowest BCUT2D eigenvalue weighted by molar-refractivity contribution is -0.142. The van der Waals surface area contributed by atoms with Gasteiger partial charge in [0.15, 0.2) is 0 Å². The molecule has 2 N–H and O–H groups in total. The van der Waals surface area contributed by atoms with Crippen molar-refractivity contribution in [2.75, 3.05) is 13.1 Å². The van der Waals surface area contributed by atoms with E-state index in [4.69, 9.17) is 5.11 Å². The van der Waals surface area contributed by atoms with Crippen LogP contribution in [0, 0.1) is 11.8 Å². The molecule has 0 aliphatic carbocycles. The number of rotatable bonds is 4. The monoisotopic (exact) mass is 171 g/mol. The second-order valence-electron chi connectivity index (χ2n) is 3.51. The zero-order chi connectivity index (χ0) is 8.97. The van der Waals surface area contributed by atoms with Gasteiger partial charge in [-0.1, -0.05) is 19.8 Å². The largest absolute Gasteiger partial charge is 0.481 e. The molecule has 0 spiro atoms. The summed E-state index contributed by atoms with van der Waals surface area (Å²) in [6.45, 7) is 3.68. The molecular formula is C9H17NO2. The molecule has 12 heavy (non-hydrogen) atoms. The van der Waals surface area contributed by atoms with Crippen LogP contribution < -0.4 is 5.32 Å². The number of carbonyl (C=O) groups is 1. The summed E-state index contributed by atoms with van der Waals surface area (Å²) in [6, 6.07) is 0. The predicted octanol–water partition coefficient (Wildman–Crippen LogP) is 1.10. The third-order valence-corrected chi connectivity index (χ3v) is 2.59. The fourth-order valence-corrected chi connectivity index (χ4v) is 1.79. The van der Waals surface area contributed by atoms with Crippen molar-refractivity contribution in [3.8, 4) is 0 Å². The SMILES string of the molecule is CCCC[C@@H]1CNC[C@H]1C(=O)O. The Balaban J connectivity index is 2.35. The number of unbranched alkanes of at least 4 members (excludes halogenated alkanes) is 1. The van der Waals surface area contributed by atoms with Gasteiger partial charge in [0.25, 0.3) is 0 Å². The third-order valence-electron chi connectivity index (χ3n) is 2.59. The van der Waals surface area contributed by atoms with E-state index in [9.17, 15) is 4.79 Å². The van der Waals surface area contributed by atoms with Gasteiger partial charge in [0.1, 0.15) is 0 Å². The number of carboxylic acids is 1. The van der Waals surface area contributed by atoms with Crippen LogP contribution in [0.25, 0.3) is 0 Å². The normalized spacial score (nSPS) is 29.1. The second-order valence-corrected chi connectivity index (χ2v) is 3.51. The summed E-state index contributed by atoms with van der Waals surface area (Å²) in [5.41, 5.74) is 0. The summed E-state index contributed by atoms with van der Waals surface area (Å²) in [5, 5.41) is 12.0. The molecule has 70 valence electrons. The first kappa shape index (κ1) is 9.52. The van der Waals surface area contributed by atoms with Crippen LogP contribution in [-0.4, -0.2) is 24.2 Å². The molecule has 1 rings (SSSR count). The highest BCUT2D eigenvalue weighted by Gasteiger charge is 2.31. The van der Waals surface area contributed by atoms with Gasteiger partial charge >= 0.3 is 5.97 Å². The van der Waals surface area contributed by atoms with Crippen molar-refractivity contribution in [1.29, 1.82) is 0 Å².